The van der Waals surface area contributed by atoms with Crippen molar-refractivity contribution in [1.82, 2.24) is 15.1 Å². The van der Waals surface area contributed by atoms with Crippen molar-refractivity contribution in [2.45, 2.75) is 6.92 Å². The second kappa shape index (κ2) is 9.07. The highest BCUT2D eigenvalue weighted by Crippen LogP contribution is 2.25. The molecule has 1 fully saturated rings. The zero-order valence-corrected chi connectivity index (χ0v) is 15.6. The number of rotatable bonds is 7. The number of para-hydroxylation sites is 2. The maximum absolute atomic E-state index is 12.4. The molecule has 1 saturated heterocycles. The zero-order chi connectivity index (χ0) is 19.1. The number of ether oxygens (including phenoxy) is 3. The van der Waals surface area contributed by atoms with Crippen LogP contribution in [0.3, 0.4) is 0 Å². The number of methoxy groups -OCH3 is 1. The van der Waals surface area contributed by atoms with Crippen molar-refractivity contribution in [2.24, 2.45) is 0 Å². The van der Waals surface area contributed by atoms with Crippen molar-refractivity contribution in [2.75, 3.05) is 51.4 Å². The lowest BCUT2D eigenvalue weighted by Crippen LogP contribution is -2.50. The van der Waals surface area contributed by atoms with Gasteiger partial charge in [0.1, 0.15) is 0 Å². The van der Waals surface area contributed by atoms with Crippen LogP contribution in [0.15, 0.2) is 36.4 Å². The predicted molar refractivity (Wildman–Crippen MR) is 100 cm³/mol. The van der Waals surface area contributed by atoms with Crippen LogP contribution in [0, 0.1) is 0 Å². The number of benzene rings is 1. The highest BCUT2D eigenvalue weighted by molar-refractivity contribution is 5.78. The number of anilines is 1. The van der Waals surface area contributed by atoms with E-state index in [0.29, 0.717) is 50.2 Å². The second-order valence-corrected chi connectivity index (χ2v) is 5.97. The van der Waals surface area contributed by atoms with Gasteiger partial charge in [0.2, 0.25) is 5.88 Å². The minimum absolute atomic E-state index is 0.0107. The van der Waals surface area contributed by atoms with E-state index < -0.39 is 0 Å². The molecule has 2 aromatic rings. The van der Waals surface area contributed by atoms with Crippen molar-refractivity contribution in [3.63, 3.8) is 0 Å². The fraction of sp³-hybridized carbons (Fsp3) is 0.421. The lowest BCUT2D eigenvalue weighted by Gasteiger charge is -2.35. The number of carbonyl (C=O) groups excluding carboxylic acids is 1. The van der Waals surface area contributed by atoms with Gasteiger partial charge in [0, 0.05) is 32.2 Å². The van der Waals surface area contributed by atoms with Gasteiger partial charge >= 0.3 is 0 Å². The molecule has 8 heteroatoms. The summed E-state index contributed by atoms with van der Waals surface area (Å²) in [7, 11) is 1.58. The van der Waals surface area contributed by atoms with Gasteiger partial charge in [-0.15, -0.1) is 10.2 Å². The van der Waals surface area contributed by atoms with Gasteiger partial charge in [-0.2, -0.15) is 0 Å². The number of hydrogen-bond donors (Lipinski definition) is 0. The van der Waals surface area contributed by atoms with Crippen LogP contribution in [0.5, 0.6) is 17.4 Å². The smallest absolute Gasteiger partial charge is 0.260 e. The minimum atomic E-state index is -0.0432. The molecule has 0 aliphatic carbocycles. The largest absolute Gasteiger partial charge is 0.493 e. The van der Waals surface area contributed by atoms with Crippen LogP contribution in [0.2, 0.25) is 0 Å². The monoisotopic (exact) mass is 372 g/mol. The van der Waals surface area contributed by atoms with Crippen molar-refractivity contribution >= 4 is 11.7 Å². The molecule has 0 spiro atoms. The molecular formula is C19H24N4O4. The molecule has 1 aromatic heterocycles. The van der Waals surface area contributed by atoms with E-state index in [-0.39, 0.29) is 12.5 Å². The highest BCUT2D eigenvalue weighted by Gasteiger charge is 2.22. The fourth-order valence-electron chi connectivity index (χ4n) is 2.86. The van der Waals surface area contributed by atoms with Crippen LogP contribution in [0.1, 0.15) is 6.92 Å². The van der Waals surface area contributed by atoms with Crippen LogP contribution in [-0.4, -0.2) is 67.5 Å². The first-order valence-corrected chi connectivity index (χ1v) is 8.96. The number of piperazine rings is 1. The average Bonchev–Trinajstić information content (AvgIpc) is 2.73. The molecule has 2 heterocycles. The predicted octanol–water partition coefficient (Wildman–Crippen LogP) is 1.61. The summed E-state index contributed by atoms with van der Waals surface area (Å²) in [5.74, 6) is 2.44. The summed E-state index contributed by atoms with van der Waals surface area (Å²) in [5.41, 5.74) is 0. The summed E-state index contributed by atoms with van der Waals surface area (Å²) in [6.07, 6.45) is 0. The Labute approximate surface area is 158 Å². The fourth-order valence-corrected chi connectivity index (χ4v) is 2.86. The van der Waals surface area contributed by atoms with E-state index in [1.165, 1.54) is 0 Å². The number of hydrogen-bond acceptors (Lipinski definition) is 7. The molecule has 1 amide bonds. The van der Waals surface area contributed by atoms with Crippen LogP contribution in [0.4, 0.5) is 5.82 Å². The van der Waals surface area contributed by atoms with Crippen molar-refractivity contribution in [1.29, 1.82) is 0 Å². The molecule has 0 saturated carbocycles. The maximum atomic E-state index is 12.4. The third kappa shape index (κ3) is 4.78. The van der Waals surface area contributed by atoms with E-state index in [2.05, 4.69) is 15.1 Å². The Hall–Kier alpha value is -3.03. The second-order valence-electron chi connectivity index (χ2n) is 5.97. The summed E-state index contributed by atoms with van der Waals surface area (Å²) >= 11 is 0. The molecule has 8 nitrogen and oxygen atoms in total. The molecule has 144 valence electrons. The standard InChI is InChI=1S/C19H24N4O4/c1-3-26-18-9-8-17(20-21-18)22-10-12-23(13-11-22)19(24)14-27-16-7-5-4-6-15(16)25-2/h4-9H,3,10-14H2,1-2H3. The van der Waals surface area contributed by atoms with Gasteiger partial charge in [-0.25, -0.2) is 0 Å². The van der Waals surface area contributed by atoms with E-state index in [1.807, 2.05) is 31.2 Å². The molecule has 0 atom stereocenters. The Morgan fingerprint density at radius 3 is 2.37 bits per heavy atom. The third-order valence-corrected chi connectivity index (χ3v) is 4.29. The molecule has 0 N–H and O–H groups in total. The van der Waals surface area contributed by atoms with Gasteiger partial charge < -0.3 is 24.0 Å². The zero-order valence-electron chi connectivity index (χ0n) is 15.6. The third-order valence-electron chi connectivity index (χ3n) is 4.29. The maximum Gasteiger partial charge on any atom is 0.260 e. The summed E-state index contributed by atoms with van der Waals surface area (Å²) in [5, 5.41) is 8.25. The average molecular weight is 372 g/mol. The number of amides is 1. The van der Waals surface area contributed by atoms with Gasteiger partial charge in [-0.3, -0.25) is 4.79 Å². The summed E-state index contributed by atoms with van der Waals surface area (Å²) in [6, 6.07) is 11.0. The molecule has 1 aliphatic heterocycles. The van der Waals surface area contributed by atoms with Gasteiger partial charge in [0.15, 0.2) is 23.9 Å². The van der Waals surface area contributed by atoms with Gasteiger partial charge in [0.25, 0.3) is 5.91 Å². The topological polar surface area (TPSA) is 77.0 Å². The van der Waals surface area contributed by atoms with Crippen LogP contribution in [-0.2, 0) is 4.79 Å². The van der Waals surface area contributed by atoms with E-state index in [1.54, 1.807) is 24.1 Å². The Balaban J connectivity index is 1.49. The van der Waals surface area contributed by atoms with E-state index in [9.17, 15) is 4.79 Å². The Morgan fingerprint density at radius 1 is 1.00 bits per heavy atom. The van der Waals surface area contributed by atoms with Crippen molar-refractivity contribution < 1.29 is 19.0 Å². The highest BCUT2D eigenvalue weighted by atomic mass is 16.5. The first kappa shape index (κ1) is 18.8. The molecule has 0 unspecified atom stereocenters. The first-order valence-electron chi connectivity index (χ1n) is 8.96. The summed E-state index contributed by atoms with van der Waals surface area (Å²) in [4.78, 5) is 16.3. The van der Waals surface area contributed by atoms with E-state index in [0.717, 1.165) is 5.82 Å². The van der Waals surface area contributed by atoms with Gasteiger partial charge in [-0.1, -0.05) is 12.1 Å². The van der Waals surface area contributed by atoms with Crippen LogP contribution >= 0.6 is 0 Å². The molecular weight excluding hydrogens is 348 g/mol. The quantitative estimate of drug-likeness (QED) is 0.731. The van der Waals surface area contributed by atoms with E-state index >= 15 is 0 Å². The Kier molecular flexibility index (Phi) is 6.30. The number of aromatic nitrogens is 2. The number of carbonyl (C=O) groups is 1. The number of nitrogens with zero attached hydrogens (tertiary/aromatic N) is 4. The normalized spacial score (nSPS) is 14.0. The van der Waals surface area contributed by atoms with Gasteiger partial charge in [-0.05, 0) is 25.1 Å². The SMILES string of the molecule is CCOc1ccc(N2CCN(C(=O)COc3ccccc3OC)CC2)nn1. The van der Waals surface area contributed by atoms with E-state index in [4.69, 9.17) is 14.2 Å². The first-order chi connectivity index (χ1) is 13.2. The van der Waals surface area contributed by atoms with Crippen molar-refractivity contribution in [3.05, 3.63) is 36.4 Å². The molecule has 1 aromatic carbocycles. The van der Waals surface area contributed by atoms with Crippen LogP contribution < -0.4 is 19.1 Å². The summed E-state index contributed by atoms with van der Waals surface area (Å²) in [6.45, 7) is 5.08. The molecule has 1 aliphatic rings. The summed E-state index contributed by atoms with van der Waals surface area (Å²) < 4.78 is 16.2. The molecule has 27 heavy (non-hydrogen) atoms. The van der Waals surface area contributed by atoms with Crippen molar-refractivity contribution in [3.8, 4) is 17.4 Å². The van der Waals surface area contributed by atoms with Gasteiger partial charge in [0.05, 0.1) is 13.7 Å². The minimum Gasteiger partial charge on any atom is -0.493 e. The Morgan fingerprint density at radius 2 is 1.74 bits per heavy atom. The molecule has 0 radical (unpaired) electrons. The Bertz CT molecular complexity index is 746. The lowest BCUT2D eigenvalue weighted by molar-refractivity contribution is -0.133. The molecule has 0 bridgehead atoms. The molecule has 3 rings (SSSR count). The van der Waals surface area contributed by atoms with Crippen LogP contribution in [0.25, 0.3) is 0 Å². The lowest BCUT2D eigenvalue weighted by atomic mass is 10.3.